The van der Waals surface area contributed by atoms with Gasteiger partial charge in [-0.05, 0) is 44.1 Å². The van der Waals surface area contributed by atoms with E-state index < -0.39 is 0 Å². The van der Waals surface area contributed by atoms with E-state index in [0.717, 1.165) is 52.1 Å². The highest BCUT2D eigenvalue weighted by Crippen LogP contribution is 2.39. The molecule has 18 heavy (non-hydrogen) atoms. The van der Waals surface area contributed by atoms with E-state index in [2.05, 4.69) is 10.2 Å². The SMILES string of the molecule is O=C([C@H]1CCCCN1)N1CCC2(CCOCC2)C1. The Morgan fingerprint density at radius 1 is 1.22 bits per heavy atom. The minimum absolute atomic E-state index is 0.0914. The molecule has 0 aliphatic carbocycles. The number of nitrogens with one attached hydrogen (secondary N) is 1. The summed E-state index contributed by atoms with van der Waals surface area (Å²) in [5.74, 6) is 0.345. The summed E-state index contributed by atoms with van der Waals surface area (Å²) < 4.78 is 5.45. The van der Waals surface area contributed by atoms with Gasteiger partial charge in [0.15, 0.2) is 0 Å². The van der Waals surface area contributed by atoms with Crippen molar-refractivity contribution in [2.45, 2.75) is 44.6 Å². The van der Waals surface area contributed by atoms with Crippen LogP contribution < -0.4 is 5.32 Å². The molecule has 0 aromatic heterocycles. The molecule has 3 aliphatic rings. The predicted octanol–water partition coefficient (Wildman–Crippen LogP) is 1.16. The van der Waals surface area contributed by atoms with Crippen LogP contribution in [-0.4, -0.2) is 49.7 Å². The number of nitrogens with zero attached hydrogens (tertiary/aromatic N) is 1. The quantitative estimate of drug-likeness (QED) is 0.761. The molecule has 4 heteroatoms. The van der Waals surface area contributed by atoms with Crippen LogP contribution >= 0.6 is 0 Å². The molecule has 1 amide bonds. The summed E-state index contributed by atoms with van der Waals surface area (Å²) in [6, 6.07) is 0.0914. The predicted molar refractivity (Wildman–Crippen MR) is 69.3 cm³/mol. The molecule has 3 aliphatic heterocycles. The number of amides is 1. The van der Waals surface area contributed by atoms with Crippen molar-refractivity contribution in [3.63, 3.8) is 0 Å². The second kappa shape index (κ2) is 5.17. The smallest absolute Gasteiger partial charge is 0.239 e. The fourth-order valence-electron chi connectivity index (χ4n) is 3.62. The van der Waals surface area contributed by atoms with E-state index in [1.165, 1.54) is 19.3 Å². The van der Waals surface area contributed by atoms with Crippen molar-refractivity contribution >= 4 is 5.91 Å². The first-order valence-electron chi connectivity index (χ1n) is 7.39. The summed E-state index contributed by atoms with van der Waals surface area (Å²) in [5.41, 5.74) is 0.378. The number of hydrogen-bond acceptors (Lipinski definition) is 3. The lowest BCUT2D eigenvalue weighted by molar-refractivity contribution is -0.133. The average Bonchev–Trinajstić information content (AvgIpc) is 2.83. The number of carbonyl (C=O) groups is 1. The molecule has 0 bridgehead atoms. The van der Waals surface area contributed by atoms with Crippen LogP contribution in [0.15, 0.2) is 0 Å². The standard InChI is InChI=1S/C14H24N2O2/c17-13(12-3-1-2-7-15-12)16-8-4-14(11-16)5-9-18-10-6-14/h12,15H,1-11H2/t12-/m1/s1. The van der Waals surface area contributed by atoms with Crippen LogP contribution in [0, 0.1) is 5.41 Å². The van der Waals surface area contributed by atoms with Crippen molar-refractivity contribution in [2.75, 3.05) is 32.8 Å². The van der Waals surface area contributed by atoms with Crippen LogP contribution in [0.2, 0.25) is 0 Å². The molecule has 0 unspecified atom stereocenters. The van der Waals surface area contributed by atoms with Gasteiger partial charge >= 0.3 is 0 Å². The van der Waals surface area contributed by atoms with Crippen LogP contribution in [-0.2, 0) is 9.53 Å². The third kappa shape index (κ3) is 2.41. The Morgan fingerprint density at radius 3 is 2.78 bits per heavy atom. The largest absolute Gasteiger partial charge is 0.381 e. The summed E-state index contributed by atoms with van der Waals surface area (Å²) in [6.07, 6.45) is 6.87. The molecular weight excluding hydrogens is 228 g/mol. The molecule has 4 nitrogen and oxygen atoms in total. The van der Waals surface area contributed by atoms with E-state index in [-0.39, 0.29) is 6.04 Å². The Balaban J connectivity index is 1.59. The van der Waals surface area contributed by atoms with Gasteiger partial charge in [0.2, 0.25) is 5.91 Å². The van der Waals surface area contributed by atoms with Crippen molar-refractivity contribution in [2.24, 2.45) is 5.41 Å². The molecule has 0 saturated carbocycles. The number of ether oxygens (including phenoxy) is 1. The molecule has 0 aromatic carbocycles. The van der Waals surface area contributed by atoms with Gasteiger partial charge < -0.3 is 15.0 Å². The summed E-state index contributed by atoms with van der Waals surface area (Å²) >= 11 is 0. The second-order valence-corrected chi connectivity index (χ2v) is 6.12. The van der Waals surface area contributed by atoms with Crippen LogP contribution in [0.5, 0.6) is 0 Å². The maximum Gasteiger partial charge on any atom is 0.239 e. The summed E-state index contributed by atoms with van der Waals surface area (Å²) in [6.45, 7) is 4.68. The lowest BCUT2D eigenvalue weighted by Gasteiger charge is -2.34. The van der Waals surface area contributed by atoms with E-state index in [1.807, 2.05) is 0 Å². The summed E-state index contributed by atoms with van der Waals surface area (Å²) in [7, 11) is 0. The summed E-state index contributed by atoms with van der Waals surface area (Å²) in [4.78, 5) is 14.6. The minimum Gasteiger partial charge on any atom is -0.381 e. The molecule has 3 fully saturated rings. The van der Waals surface area contributed by atoms with Crippen molar-refractivity contribution in [1.29, 1.82) is 0 Å². The van der Waals surface area contributed by atoms with E-state index in [9.17, 15) is 4.79 Å². The number of hydrogen-bond donors (Lipinski definition) is 1. The number of carbonyl (C=O) groups excluding carboxylic acids is 1. The van der Waals surface area contributed by atoms with Gasteiger partial charge in [0.05, 0.1) is 6.04 Å². The summed E-state index contributed by atoms with van der Waals surface area (Å²) in [5, 5.41) is 3.37. The van der Waals surface area contributed by atoms with Crippen molar-refractivity contribution in [1.82, 2.24) is 10.2 Å². The molecule has 0 aromatic rings. The molecule has 102 valence electrons. The number of piperidine rings is 1. The monoisotopic (exact) mass is 252 g/mol. The van der Waals surface area contributed by atoms with Crippen LogP contribution in [0.3, 0.4) is 0 Å². The zero-order valence-corrected chi connectivity index (χ0v) is 11.1. The lowest BCUT2D eigenvalue weighted by Crippen LogP contribution is -2.48. The zero-order valence-electron chi connectivity index (χ0n) is 11.1. The third-order valence-electron chi connectivity index (χ3n) is 4.91. The van der Waals surface area contributed by atoms with Crippen LogP contribution in [0.1, 0.15) is 38.5 Å². The van der Waals surface area contributed by atoms with Gasteiger partial charge in [-0.1, -0.05) is 6.42 Å². The highest BCUT2D eigenvalue weighted by atomic mass is 16.5. The molecule has 1 N–H and O–H groups in total. The molecule has 1 atom stereocenters. The Morgan fingerprint density at radius 2 is 2.06 bits per heavy atom. The average molecular weight is 252 g/mol. The zero-order chi connectivity index (χ0) is 12.4. The topological polar surface area (TPSA) is 41.6 Å². The van der Waals surface area contributed by atoms with Crippen LogP contribution in [0.4, 0.5) is 0 Å². The Labute approximate surface area is 109 Å². The number of rotatable bonds is 1. The minimum atomic E-state index is 0.0914. The first-order chi connectivity index (χ1) is 8.79. The molecule has 1 spiro atoms. The Bertz CT molecular complexity index is 307. The van der Waals surface area contributed by atoms with Crippen molar-refractivity contribution in [3.8, 4) is 0 Å². The lowest BCUT2D eigenvalue weighted by atomic mass is 9.80. The van der Waals surface area contributed by atoms with Crippen molar-refractivity contribution < 1.29 is 9.53 Å². The van der Waals surface area contributed by atoms with Gasteiger partial charge in [-0.25, -0.2) is 0 Å². The van der Waals surface area contributed by atoms with Crippen LogP contribution in [0.25, 0.3) is 0 Å². The molecule has 3 rings (SSSR count). The maximum absolute atomic E-state index is 12.5. The first-order valence-corrected chi connectivity index (χ1v) is 7.39. The van der Waals surface area contributed by atoms with Gasteiger partial charge in [-0.2, -0.15) is 0 Å². The molecule has 3 heterocycles. The van der Waals surface area contributed by atoms with Crippen molar-refractivity contribution in [3.05, 3.63) is 0 Å². The van der Waals surface area contributed by atoms with Gasteiger partial charge in [-0.3, -0.25) is 4.79 Å². The molecule has 0 radical (unpaired) electrons. The number of likely N-dealkylation sites (tertiary alicyclic amines) is 1. The second-order valence-electron chi connectivity index (χ2n) is 6.12. The normalized spacial score (nSPS) is 31.8. The Kier molecular flexibility index (Phi) is 3.57. The van der Waals surface area contributed by atoms with E-state index >= 15 is 0 Å². The Hall–Kier alpha value is -0.610. The fraction of sp³-hybridized carbons (Fsp3) is 0.929. The van der Waals surface area contributed by atoms with Gasteiger partial charge in [0, 0.05) is 26.3 Å². The van der Waals surface area contributed by atoms with Gasteiger partial charge in [0.1, 0.15) is 0 Å². The highest BCUT2D eigenvalue weighted by molar-refractivity contribution is 5.82. The van der Waals surface area contributed by atoms with E-state index in [1.54, 1.807) is 0 Å². The van der Waals surface area contributed by atoms with E-state index in [4.69, 9.17) is 4.74 Å². The molecule has 3 saturated heterocycles. The first kappa shape index (κ1) is 12.4. The highest BCUT2D eigenvalue weighted by Gasteiger charge is 2.42. The van der Waals surface area contributed by atoms with Gasteiger partial charge in [-0.15, -0.1) is 0 Å². The third-order valence-corrected chi connectivity index (χ3v) is 4.91. The maximum atomic E-state index is 12.5. The molecular formula is C14H24N2O2. The fourth-order valence-corrected chi connectivity index (χ4v) is 3.62. The van der Waals surface area contributed by atoms with Gasteiger partial charge in [0.25, 0.3) is 0 Å². The van der Waals surface area contributed by atoms with E-state index in [0.29, 0.717) is 11.3 Å².